The zero-order valence-electron chi connectivity index (χ0n) is 16.9. The van der Waals surface area contributed by atoms with Crippen LogP contribution in [0.25, 0.3) is 6.08 Å². The molecule has 162 valence electrons. The maximum absolute atomic E-state index is 13.8. The number of benzene rings is 2. The van der Waals surface area contributed by atoms with E-state index in [2.05, 4.69) is 4.74 Å². The van der Waals surface area contributed by atoms with Crippen molar-refractivity contribution < 1.29 is 33.0 Å². The molecule has 2 aromatic carbocycles. The Kier molecular flexibility index (Phi) is 7.30. The molecular formula is C22H20FNO6S. The predicted molar refractivity (Wildman–Crippen MR) is 113 cm³/mol. The molecule has 1 heterocycles. The zero-order valence-corrected chi connectivity index (χ0v) is 17.7. The Balaban J connectivity index is 1.79. The van der Waals surface area contributed by atoms with Crippen LogP contribution in [0.15, 0.2) is 47.4 Å². The number of hydrogen-bond acceptors (Lipinski definition) is 7. The van der Waals surface area contributed by atoms with Crippen LogP contribution in [0.1, 0.15) is 18.1 Å². The first-order valence-corrected chi connectivity index (χ1v) is 10.2. The minimum atomic E-state index is -0.682. The lowest BCUT2D eigenvalue weighted by atomic mass is 10.1. The Labute approximate surface area is 182 Å². The van der Waals surface area contributed by atoms with Crippen molar-refractivity contribution in [1.82, 2.24) is 4.90 Å². The van der Waals surface area contributed by atoms with Gasteiger partial charge in [-0.3, -0.25) is 19.3 Å². The van der Waals surface area contributed by atoms with Crippen molar-refractivity contribution in [3.05, 3.63) is 64.3 Å². The zero-order chi connectivity index (χ0) is 22.4. The smallest absolute Gasteiger partial charge is 0.325 e. The van der Waals surface area contributed by atoms with Gasteiger partial charge in [-0.05, 0) is 48.5 Å². The molecule has 0 spiro atoms. The highest BCUT2D eigenvalue weighted by Gasteiger charge is 2.36. The minimum absolute atomic E-state index is 0.0263. The minimum Gasteiger partial charge on any atom is -0.490 e. The summed E-state index contributed by atoms with van der Waals surface area (Å²) in [6.45, 7) is 1.77. The van der Waals surface area contributed by atoms with E-state index in [1.807, 2.05) is 6.92 Å². The second kappa shape index (κ2) is 10.1. The third kappa shape index (κ3) is 5.43. The summed E-state index contributed by atoms with van der Waals surface area (Å²) in [7, 11) is 1.18. The number of carbonyl (C=O) groups is 3. The first-order chi connectivity index (χ1) is 14.9. The van der Waals surface area contributed by atoms with Crippen LogP contribution in [-0.4, -0.2) is 42.3 Å². The van der Waals surface area contributed by atoms with E-state index >= 15 is 0 Å². The van der Waals surface area contributed by atoms with Crippen LogP contribution in [0.3, 0.4) is 0 Å². The van der Waals surface area contributed by atoms with Gasteiger partial charge >= 0.3 is 5.97 Å². The van der Waals surface area contributed by atoms with Gasteiger partial charge in [0.25, 0.3) is 11.1 Å². The standard InChI is InChI=1S/C22H20FNO6S/c1-3-29-18-10-14(8-9-17(18)30-13-15-6-4-5-7-16(15)23)11-19-21(26)24(22(27)31-19)12-20(25)28-2/h4-11H,3,12-13H2,1-2H3. The number of methoxy groups -OCH3 is 1. The van der Waals surface area contributed by atoms with Crippen LogP contribution in [0.5, 0.6) is 11.5 Å². The van der Waals surface area contributed by atoms with Gasteiger partial charge in [0.15, 0.2) is 11.5 Å². The van der Waals surface area contributed by atoms with Crippen molar-refractivity contribution >= 4 is 35.0 Å². The number of ether oxygens (including phenoxy) is 3. The number of amides is 2. The second-order valence-electron chi connectivity index (χ2n) is 6.36. The molecule has 1 aliphatic heterocycles. The topological polar surface area (TPSA) is 82.1 Å². The number of thioether (sulfide) groups is 1. The fourth-order valence-electron chi connectivity index (χ4n) is 2.75. The Bertz CT molecular complexity index is 1040. The van der Waals surface area contributed by atoms with Crippen molar-refractivity contribution in [1.29, 1.82) is 0 Å². The highest BCUT2D eigenvalue weighted by Crippen LogP contribution is 2.35. The summed E-state index contributed by atoms with van der Waals surface area (Å²) < 4.78 is 29.7. The number of carbonyl (C=O) groups excluding carboxylic acids is 3. The maximum Gasteiger partial charge on any atom is 0.325 e. The normalized spacial score (nSPS) is 14.8. The number of rotatable bonds is 8. The molecule has 0 saturated carbocycles. The summed E-state index contributed by atoms with van der Waals surface area (Å²) >= 11 is 0.739. The summed E-state index contributed by atoms with van der Waals surface area (Å²) in [5, 5.41) is -0.545. The van der Waals surface area contributed by atoms with E-state index in [4.69, 9.17) is 9.47 Å². The van der Waals surface area contributed by atoms with Gasteiger partial charge in [-0.15, -0.1) is 0 Å². The van der Waals surface area contributed by atoms with Gasteiger partial charge in [-0.1, -0.05) is 24.3 Å². The average molecular weight is 445 g/mol. The predicted octanol–water partition coefficient (Wildman–Crippen LogP) is 4.01. The molecule has 2 amide bonds. The van der Waals surface area contributed by atoms with Gasteiger partial charge in [-0.2, -0.15) is 0 Å². The summed E-state index contributed by atoms with van der Waals surface area (Å²) in [5.74, 6) is -0.779. The Morgan fingerprint density at radius 2 is 1.90 bits per heavy atom. The molecule has 0 unspecified atom stereocenters. The van der Waals surface area contributed by atoms with Gasteiger partial charge < -0.3 is 14.2 Å². The lowest BCUT2D eigenvalue weighted by Crippen LogP contribution is -2.34. The van der Waals surface area contributed by atoms with E-state index in [0.717, 1.165) is 16.7 Å². The molecule has 1 fully saturated rings. The molecule has 3 rings (SSSR count). The quantitative estimate of drug-likeness (QED) is 0.448. The SMILES string of the molecule is CCOc1cc(C=C2SC(=O)N(CC(=O)OC)C2=O)ccc1OCc1ccccc1F. The molecule has 7 nitrogen and oxygen atoms in total. The molecule has 2 aromatic rings. The number of nitrogens with zero attached hydrogens (tertiary/aromatic N) is 1. The fraction of sp³-hybridized carbons (Fsp3) is 0.227. The molecular weight excluding hydrogens is 425 g/mol. The van der Waals surface area contributed by atoms with E-state index < -0.39 is 23.7 Å². The van der Waals surface area contributed by atoms with Crippen LogP contribution in [0.4, 0.5) is 9.18 Å². The Morgan fingerprint density at radius 1 is 1.13 bits per heavy atom. The number of hydrogen-bond donors (Lipinski definition) is 0. The molecule has 1 saturated heterocycles. The van der Waals surface area contributed by atoms with Crippen LogP contribution in [0.2, 0.25) is 0 Å². The molecule has 1 aliphatic rings. The summed E-state index contributed by atoms with van der Waals surface area (Å²) in [4.78, 5) is 36.9. The first-order valence-electron chi connectivity index (χ1n) is 9.38. The van der Waals surface area contributed by atoms with Crippen LogP contribution >= 0.6 is 11.8 Å². The molecule has 9 heteroatoms. The van der Waals surface area contributed by atoms with Crippen molar-refractivity contribution in [2.45, 2.75) is 13.5 Å². The van der Waals surface area contributed by atoms with Gasteiger partial charge in [-0.25, -0.2) is 4.39 Å². The van der Waals surface area contributed by atoms with Crippen LogP contribution in [-0.2, 0) is 20.9 Å². The Hall–Kier alpha value is -3.33. The highest BCUT2D eigenvalue weighted by molar-refractivity contribution is 8.18. The lowest BCUT2D eigenvalue weighted by Gasteiger charge is -2.13. The molecule has 0 bridgehead atoms. The summed E-state index contributed by atoms with van der Waals surface area (Å²) in [6, 6.07) is 11.3. The van der Waals surface area contributed by atoms with Crippen molar-refractivity contribution in [3.63, 3.8) is 0 Å². The largest absolute Gasteiger partial charge is 0.490 e. The van der Waals surface area contributed by atoms with E-state index in [0.29, 0.717) is 29.2 Å². The van der Waals surface area contributed by atoms with Gasteiger partial charge in [0.1, 0.15) is 19.0 Å². The lowest BCUT2D eigenvalue weighted by molar-refractivity contribution is -0.143. The van der Waals surface area contributed by atoms with E-state index in [1.165, 1.54) is 19.3 Å². The molecule has 0 radical (unpaired) electrons. The van der Waals surface area contributed by atoms with Crippen molar-refractivity contribution in [3.8, 4) is 11.5 Å². The van der Waals surface area contributed by atoms with Gasteiger partial charge in [0.05, 0.1) is 18.6 Å². The molecule has 0 aromatic heterocycles. The molecule has 0 aliphatic carbocycles. The number of imide groups is 1. The first kappa shape index (κ1) is 22.4. The highest BCUT2D eigenvalue weighted by atomic mass is 32.2. The Morgan fingerprint density at radius 3 is 2.61 bits per heavy atom. The fourth-order valence-corrected chi connectivity index (χ4v) is 3.59. The van der Waals surface area contributed by atoms with E-state index in [-0.39, 0.29) is 17.3 Å². The molecule has 0 atom stereocenters. The number of halogens is 1. The number of esters is 1. The van der Waals surface area contributed by atoms with Crippen molar-refractivity contribution in [2.75, 3.05) is 20.3 Å². The third-order valence-electron chi connectivity index (χ3n) is 4.29. The average Bonchev–Trinajstić information content (AvgIpc) is 3.01. The maximum atomic E-state index is 13.8. The van der Waals surface area contributed by atoms with Gasteiger partial charge in [0.2, 0.25) is 0 Å². The van der Waals surface area contributed by atoms with Crippen LogP contribution in [0, 0.1) is 5.82 Å². The van der Waals surface area contributed by atoms with Gasteiger partial charge in [0, 0.05) is 5.56 Å². The molecule has 0 N–H and O–H groups in total. The van der Waals surface area contributed by atoms with E-state index in [1.54, 1.807) is 36.4 Å². The van der Waals surface area contributed by atoms with Crippen LogP contribution < -0.4 is 9.47 Å². The molecule has 31 heavy (non-hydrogen) atoms. The second-order valence-corrected chi connectivity index (χ2v) is 7.36. The monoisotopic (exact) mass is 445 g/mol. The summed E-state index contributed by atoms with van der Waals surface area (Å²) in [6.07, 6.45) is 1.53. The third-order valence-corrected chi connectivity index (χ3v) is 5.20. The van der Waals surface area contributed by atoms with Crippen molar-refractivity contribution in [2.24, 2.45) is 0 Å². The van der Waals surface area contributed by atoms with E-state index in [9.17, 15) is 18.8 Å². The summed E-state index contributed by atoms with van der Waals surface area (Å²) in [5.41, 5.74) is 1.01.